The van der Waals surface area contributed by atoms with Gasteiger partial charge in [0.15, 0.2) is 5.11 Å². The fourth-order valence-electron chi connectivity index (χ4n) is 2.34. The maximum absolute atomic E-state index is 11.0. The molecule has 108 valence electrons. The van der Waals surface area contributed by atoms with E-state index in [4.69, 9.17) is 17.3 Å². The number of carbonyl (C=O) groups is 1. The summed E-state index contributed by atoms with van der Waals surface area (Å²) in [4.78, 5) is 11.0. The Kier molecular flexibility index (Phi) is 5.37. The standard InChI is InChI=1S/C14H17BrN2O2S/c15-11-7-6-9(13(18)19)8-12(11)17-14(20)16-10-4-2-1-3-5-10/h6-8,10H,1-5H2,(H,18,19)(H2,16,17,20). The van der Waals surface area contributed by atoms with Crippen LogP contribution >= 0.6 is 28.1 Å². The molecule has 0 bridgehead atoms. The number of nitrogens with one attached hydrogen (secondary N) is 2. The minimum atomic E-state index is -0.952. The summed E-state index contributed by atoms with van der Waals surface area (Å²) in [7, 11) is 0. The molecule has 20 heavy (non-hydrogen) atoms. The van der Waals surface area contributed by atoms with Crippen LogP contribution in [0.25, 0.3) is 0 Å². The van der Waals surface area contributed by atoms with Crippen LogP contribution in [-0.4, -0.2) is 22.2 Å². The van der Waals surface area contributed by atoms with Gasteiger partial charge in [0.2, 0.25) is 0 Å². The number of anilines is 1. The van der Waals surface area contributed by atoms with Crippen molar-refractivity contribution in [2.45, 2.75) is 38.1 Å². The van der Waals surface area contributed by atoms with Crippen LogP contribution in [0.5, 0.6) is 0 Å². The molecule has 3 N–H and O–H groups in total. The molecular formula is C14H17BrN2O2S. The first-order valence-corrected chi connectivity index (χ1v) is 7.87. The molecule has 0 heterocycles. The lowest BCUT2D eigenvalue weighted by Crippen LogP contribution is -2.38. The number of carboxylic acid groups (broad SMARTS) is 1. The second-order valence-electron chi connectivity index (χ2n) is 4.93. The third kappa shape index (κ3) is 4.18. The Labute approximate surface area is 132 Å². The summed E-state index contributed by atoms with van der Waals surface area (Å²) < 4.78 is 0.787. The van der Waals surface area contributed by atoms with E-state index in [-0.39, 0.29) is 5.56 Å². The van der Waals surface area contributed by atoms with Gasteiger partial charge in [0.1, 0.15) is 0 Å². The quantitative estimate of drug-likeness (QED) is 0.719. The monoisotopic (exact) mass is 356 g/mol. The minimum absolute atomic E-state index is 0.233. The van der Waals surface area contributed by atoms with Crippen molar-refractivity contribution in [3.8, 4) is 0 Å². The van der Waals surface area contributed by atoms with Gasteiger partial charge >= 0.3 is 5.97 Å². The lowest BCUT2D eigenvalue weighted by molar-refractivity contribution is 0.0697. The second kappa shape index (κ2) is 7.04. The highest BCUT2D eigenvalue weighted by atomic mass is 79.9. The van der Waals surface area contributed by atoms with Gasteiger partial charge in [-0.3, -0.25) is 0 Å². The molecule has 0 amide bonds. The van der Waals surface area contributed by atoms with Gasteiger partial charge < -0.3 is 15.7 Å². The van der Waals surface area contributed by atoms with E-state index in [2.05, 4.69) is 26.6 Å². The molecule has 0 spiro atoms. The van der Waals surface area contributed by atoms with Gasteiger partial charge in [-0.2, -0.15) is 0 Å². The number of thiocarbonyl (C=S) groups is 1. The predicted octanol–water partition coefficient (Wildman–Crippen LogP) is 3.77. The van der Waals surface area contributed by atoms with Crippen LogP contribution in [-0.2, 0) is 0 Å². The number of aromatic carboxylic acids is 1. The van der Waals surface area contributed by atoms with Crippen molar-refractivity contribution < 1.29 is 9.90 Å². The van der Waals surface area contributed by atoms with Gasteiger partial charge in [-0.25, -0.2) is 4.79 Å². The van der Waals surface area contributed by atoms with Gasteiger partial charge in [0.25, 0.3) is 0 Å². The van der Waals surface area contributed by atoms with Gasteiger partial charge in [-0.15, -0.1) is 0 Å². The van der Waals surface area contributed by atoms with Gasteiger partial charge in [-0.1, -0.05) is 19.3 Å². The number of benzene rings is 1. The predicted molar refractivity (Wildman–Crippen MR) is 87.3 cm³/mol. The van der Waals surface area contributed by atoms with Crippen LogP contribution in [0.15, 0.2) is 22.7 Å². The van der Waals surface area contributed by atoms with E-state index < -0.39 is 5.97 Å². The lowest BCUT2D eigenvalue weighted by Gasteiger charge is -2.24. The highest BCUT2D eigenvalue weighted by Crippen LogP contribution is 2.24. The molecule has 0 aromatic heterocycles. The van der Waals surface area contributed by atoms with Crippen molar-refractivity contribution in [3.05, 3.63) is 28.2 Å². The number of hydrogen-bond donors (Lipinski definition) is 3. The SMILES string of the molecule is O=C(O)c1ccc(Br)c(NC(=S)NC2CCCCC2)c1. The second-order valence-corrected chi connectivity index (χ2v) is 6.20. The van der Waals surface area contributed by atoms with E-state index >= 15 is 0 Å². The van der Waals surface area contributed by atoms with Gasteiger partial charge in [0.05, 0.1) is 11.3 Å². The van der Waals surface area contributed by atoms with Crippen molar-refractivity contribution >= 4 is 44.9 Å². The van der Waals surface area contributed by atoms with Crippen molar-refractivity contribution in [2.75, 3.05) is 5.32 Å². The number of halogens is 1. The zero-order valence-electron chi connectivity index (χ0n) is 11.0. The molecule has 1 saturated carbocycles. The van der Waals surface area contributed by atoms with E-state index in [1.165, 1.54) is 19.3 Å². The molecule has 1 aromatic rings. The summed E-state index contributed by atoms with van der Waals surface area (Å²) in [6.07, 6.45) is 6.04. The Bertz CT molecular complexity index is 516. The van der Waals surface area contributed by atoms with Crippen molar-refractivity contribution in [1.82, 2.24) is 5.32 Å². The van der Waals surface area contributed by atoms with Crippen LogP contribution in [0.4, 0.5) is 5.69 Å². The average Bonchev–Trinajstić information content (AvgIpc) is 2.42. The smallest absolute Gasteiger partial charge is 0.335 e. The highest BCUT2D eigenvalue weighted by Gasteiger charge is 2.15. The lowest BCUT2D eigenvalue weighted by atomic mass is 9.96. The van der Waals surface area contributed by atoms with Crippen molar-refractivity contribution in [2.24, 2.45) is 0 Å². The minimum Gasteiger partial charge on any atom is -0.478 e. The van der Waals surface area contributed by atoms with Crippen LogP contribution in [0.2, 0.25) is 0 Å². The molecule has 6 heteroatoms. The molecular weight excluding hydrogens is 340 g/mol. The number of carboxylic acids is 1. The summed E-state index contributed by atoms with van der Waals surface area (Å²) in [5, 5.41) is 15.9. The van der Waals surface area contributed by atoms with E-state index in [0.29, 0.717) is 16.8 Å². The Morgan fingerprint density at radius 3 is 2.65 bits per heavy atom. The summed E-state index contributed by atoms with van der Waals surface area (Å²) in [6, 6.07) is 5.25. The van der Waals surface area contributed by atoms with Gasteiger partial charge in [0, 0.05) is 10.5 Å². The molecule has 1 aliphatic rings. The summed E-state index contributed by atoms with van der Waals surface area (Å²) in [5.74, 6) is -0.952. The highest BCUT2D eigenvalue weighted by molar-refractivity contribution is 9.10. The fourth-order valence-corrected chi connectivity index (χ4v) is 2.97. The Hall–Kier alpha value is -1.14. The first-order valence-electron chi connectivity index (χ1n) is 6.66. The molecule has 0 unspecified atom stereocenters. The third-order valence-corrected chi connectivity index (χ3v) is 4.31. The zero-order valence-corrected chi connectivity index (χ0v) is 13.4. The van der Waals surface area contributed by atoms with Crippen molar-refractivity contribution in [3.63, 3.8) is 0 Å². The Morgan fingerprint density at radius 1 is 1.30 bits per heavy atom. The molecule has 1 aromatic carbocycles. The maximum atomic E-state index is 11.0. The van der Waals surface area contributed by atoms with Crippen LogP contribution in [0.3, 0.4) is 0 Å². The molecule has 0 atom stereocenters. The van der Waals surface area contributed by atoms with Crippen molar-refractivity contribution in [1.29, 1.82) is 0 Å². The Balaban J connectivity index is 1.99. The largest absolute Gasteiger partial charge is 0.478 e. The first-order chi connectivity index (χ1) is 9.56. The number of hydrogen-bond acceptors (Lipinski definition) is 2. The average molecular weight is 357 g/mol. The van der Waals surface area contributed by atoms with E-state index in [1.807, 2.05) is 0 Å². The third-order valence-electron chi connectivity index (χ3n) is 3.40. The molecule has 0 radical (unpaired) electrons. The Morgan fingerprint density at radius 2 is 2.00 bits per heavy atom. The topological polar surface area (TPSA) is 61.4 Å². The summed E-state index contributed by atoms with van der Waals surface area (Å²) in [6.45, 7) is 0. The van der Waals surface area contributed by atoms with E-state index in [9.17, 15) is 4.79 Å². The van der Waals surface area contributed by atoms with E-state index in [1.54, 1.807) is 18.2 Å². The fraction of sp³-hybridized carbons (Fsp3) is 0.429. The molecule has 2 rings (SSSR count). The molecule has 0 saturated heterocycles. The molecule has 0 aliphatic heterocycles. The van der Waals surface area contributed by atoms with Crippen LogP contribution in [0.1, 0.15) is 42.5 Å². The van der Waals surface area contributed by atoms with E-state index in [0.717, 1.165) is 17.3 Å². The number of rotatable bonds is 3. The molecule has 4 nitrogen and oxygen atoms in total. The molecule has 1 fully saturated rings. The summed E-state index contributed by atoms with van der Waals surface area (Å²) in [5.41, 5.74) is 0.898. The molecule has 1 aliphatic carbocycles. The first kappa shape index (κ1) is 15.3. The van der Waals surface area contributed by atoms with Crippen LogP contribution < -0.4 is 10.6 Å². The normalized spacial score (nSPS) is 15.7. The summed E-state index contributed by atoms with van der Waals surface area (Å²) >= 11 is 8.69. The maximum Gasteiger partial charge on any atom is 0.335 e. The zero-order chi connectivity index (χ0) is 14.5. The van der Waals surface area contributed by atoms with Crippen LogP contribution in [0, 0.1) is 0 Å². The van der Waals surface area contributed by atoms with Gasteiger partial charge in [-0.05, 0) is 59.2 Å².